The summed E-state index contributed by atoms with van der Waals surface area (Å²) in [4.78, 5) is 244. The third-order valence-electron chi connectivity index (χ3n) is 10.2. The van der Waals surface area contributed by atoms with E-state index in [-0.39, 0.29) is 31.0 Å². The van der Waals surface area contributed by atoms with Crippen molar-refractivity contribution in [1.29, 1.82) is 0 Å². The SMILES string of the molecule is N[C@H]1CSCCC(=O)n2c(=O)n3c(=O)n(c2=O)C(=O)CCSC[C@H](NC(=O)CNC(=O)CNC(=O)CNC(=O)CNC(=O)CNC1=O)C(=O)NCC(=O)NCC(=O)NCC(=O)NCC(=O)NCC(=O)N[C@H](C(=O)O)CSCCC3=O. The number of fused-ring (bicyclic) bond motifs is 7. The summed E-state index contributed by atoms with van der Waals surface area (Å²) in [6, 6.07) is -4.58. The number of carbonyl (C=O) groups excluding carboxylic acids is 15. The number of carboxylic acid groups (broad SMARTS) is 1. The van der Waals surface area contributed by atoms with Gasteiger partial charge in [0.1, 0.15) is 12.1 Å². The number of aromatic nitrogens is 3. The minimum Gasteiger partial charge on any atom is -0.480 e. The average Bonchev–Trinajstić information content (AvgIpc) is 3.41. The predicted octanol–water partition coefficient (Wildman–Crippen LogP) is -12.0. The maximum absolute atomic E-state index is 13.8. The van der Waals surface area contributed by atoms with Gasteiger partial charge in [0.25, 0.3) is 0 Å². The van der Waals surface area contributed by atoms with Crippen molar-refractivity contribution in [1.82, 2.24) is 77.5 Å². The van der Waals surface area contributed by atoms with E-state index in [2.05, 4.69) is 63.8 Å². The molecule has 0 aliphatic carbocycles. The van der Waals surface area contributed by atoms with Crippen molar-refractivity contribution in [3.8, 4) is 0 Å². The van der Waals surface area contributed by atoms with Crippen LogP contribution >= 0.6 is 35.3 Å². The molecule has 1 aromatic heterocycles. The molecule has 3 heterocycles. The molecule has 0 saturated heterocycles. The molecule has 2 aliphatic rings. The monoisotopic (exact) mass is 1190 g/mol. The van der Waals surface area contributed by atoms with E-state index in [0.29, 0.717) is 23.5 Å². The summed E-state index contributed by atoms with van der Waals surface area (Å²) in [6.45, 7) is -7.31. The number of thioether (sulfide) groups is 3. The van der Waals surface area contributed by atoms with Crippen molar-refractivity contribution in [2.24, 2.45) is 5.73 Å². The Hall–Kier alpha value is -8.46. The minimum atomic E-state index is -1.82. The number of nitrogens with two attached hydrogens (primary N) is 1. The molecule has 36 nitrogen and oxygen atoms in total. The second-order valence-corrected chi connectivity index (χ2v) is 19.8. The first-order valence-electron chi connectivity index (χ1n) is 23.5. The van der Waals surface area contributed by atoms with E-state index in [4.69, 9.17) is 5.73 Å². The summed E-state index contributed by atoms with van der Waals surface area (Å²) < 4.78 is -0.514. The largest absolute Gasteiger partial charge is 0.480 e. The molecule has 4 bridgehead atoms. The fraction of sp³-hybridized carbons (Fsp3) is 0.537. The summed E-state index contributed by atoms with van der Waals surface area (Å²) in [7, 11) is 0. The number of aliphatic carboxylic acids is 1. The fourth-order valence-corrected chi connectivity index (χ4v) is 8.85. The number of rotatable bonds is 1. The van der Waals surface area contributed by atoms with Crippen LogP contribution in [-0.2, 0) is 62.3 Å². The molecule has 3 rings (SSSR count). The zero-order valence-electron chi connectivity index (χ0n) is 42.0. The number of amides is 12. The van der Waals surface area contributed by atoms with Gasteiger partial charge in [-0.2, -0.15) is 49.0 Å². The van der Waals surface area contributed by atoms with Gasteiger partial charge >= 0.3 is 23.0 Å². The molecule has 438 valence electrons. The molecule has 2 aliphatic heterocycles. The molecule has 0 saturated carbocycles. The van der Waals surface area contributed by atoms with Crippen molar-refractivity contribution in [2.75, 3.05) is 100.0 Å². The third-order valence-corrected chi connectivity index (χ3v) is 13.4. The van der Waals surface area contributed by atoms with Crippen LogP contribution in [0, 0.1) is 0 Å². The van der Waals surface area contributed by atoms with E-state index >= 15 is 0 Å². The molecule has 12 amide bonds. The van der Waals surface area contributed by atoms with Gasteiger partial charge in [0.2, 0.25) is 88.6 Å². The van der Waals surface area contributed by atoms with Crippen LogP contribution < -0.4 is 86.6 Å². The van der Waals surface area contributed by atoms with Crippen LogP contribution in [0.2, 0.25) is 0 Å². The summed E-state index contributed by atoms with van der Waals surface area (Å²) in [5.41, 5.74) is 0.466. The predicted molar refractivity (Wildman–Crippen MR) is 276 cm³/mol. The molecular formula is C41H56N16O20S3. The molecule has 0 fully saturated rings. The van der Waals surface area contributed by atoms with E-state index < -0.39 is 232 Å². The summed E-state index contributed by atoms with van der Waals surface area (Å²) in [5.74, 6) is -19.2. The topological polar surface area (TPSA) is 530 Å². The van der Waals surface area contributed by atoms with Crippen molar-refractivity contribution >= 4 is 130 Å². The Morgan fingerprint density at radius 3 is 0.988 bits per heavy atom. The maximum atomic E-state index is 13.8. The highest BCUT2D eigenvalue weighted by atomic mass is 32.2. The van der Waals surface area contributed by atoms with E-state index in [1.165, 1.54) is 0 Å². The van der Waals surface area contributed by atoms with Crippen molar-refractivity contribution in [3.05, 3.63) is 31.5 Å². The highest BCUT2D eigenvalue weighted by Gasteiger charge is 2.29. The van der Waals surface area contributed by atoms with Gasteiger partial charge in [-0.05, 0) is 0 Å². The summed E-state index contributed by atoms with van der Waals surface area (Å²) >= 11 is 2.26. The zero-order valence-corrected chi connectivity index (χ0v) is 44.5. The Morgan fingerprint density at radius 1 is 0.375 bits per heavy atom. The minimum absolute atomic E-state index is 0.160. The maximum Gasteiger partial charge on any atom is 0.350 e. The highest BCUT2D eigenvalue weighted by Crippen LogP contribution is 2.09. The zero-order chi connectivity index (χ0) is 59.5. The fourth-order valence-electron chi connectivity index (χ4n) is 6.06. The Balaban J connectivity index is 2.00. The molecule has 15 N–H and O–H groups in total. The lowest BCUT2D eigenvalue weighted by Crippen LogP contribution is -2.59. The Labute approximate surface area is 462 Å². The van der Waals surface area contributed by atoms with Gasteiger partial charge in [0, 0.05) is 53.8 Å². The van der Waals surface area contributed by atoms with E-state index in [1.54, 1.807) is 0 Å². The lowest BCUT2D eigenvalue weighted by molar-refractivity contribution is -0.141. The quantitative estimate of drug-likeness (QED) is 0.124. The van der Waals surface area contributed by atoms with Gasteiger partial charge in [0.15, 0.2) is 0 Å². The van der Waals surface area contributed by atoms with Gasteiger partial charge in [-0.25, -0.2) is 19.2 Å². The molecule has 0 radical (unpaired) electrons. The van der Waals surface area contributed by atoms with E-state index in [0.717, 1.165) is 11.8 Å². The Kier molecular flexibility index (Phi) is 27.8. The van der Waals surface area contributed by atoms with Gasteiger partial charge in [-0.1, -0.05) is 0 Å². The second kappa shape index (κ2) is 33.7. The highest BCUT2D eigenvalue weighted by molar-refractivity contribution is 7.99. The lowest BCUT2D eigenvalue weighted by atomic mass is 10.3. The van der Waals surface area contributed by atoms with Gasteiger partial charge in [-0.15, -0.1) is 0 Å². The van der Waals surface area contributed by atoms with Crippen LogP contribution in [-0.4, -0.2) is 231 Å². The molecule has 0 aromatic carbocycles. The summed E-state index contributed by atoms with van der Waals surface area (Å²) in [6.07, 6.45) is -2.31. The van der Waals surface area contributed by atoms with E-state index in [1.807, 2.05) is 0 Å². The van der Waals surface area contributed by atoms with Crippen molar-refractivity contribution in [3.63, 3.8) is 0 Å². The number of carboxylic acids is 1. The number of carbonyl (C=O) groups is 16. The van der Waals surface area contributed by atoms with Crippen LogP contribution in [0.1, 0.15) is 33.6 Å². The first kappa shape index (κ1) is 65.8. The molecule has 3 atom stereocenters. The number of nitrogens with zero attached hydrogens (tertiary/aromatic N) is 3. The van der Waals surface area contributed by atoms with Crippen molar-refractivity contribution < 1.29 is 81.8 Å². The second-order valence-electron chi connectivity index (χ2n) is 16.3. The van der Waals surface area contributed by atoms with Gasteiger partial charge in [0.05, 0.1) is 71.5 Å². The first-order valence-corrected chi connectivity index (χ1v) is 26.9. The Morgan fingerprint density at radius 2 is 0.650 bits per heavy atom. The number of hydrogen-bond acceptors (Lipinski definition) is 23. The average molecular weight is 1190 g/mol. The molecular weight excluding hydrogens is 1130 g/mol. The van der Waals surface area contributed by atoms with Crippen LogP contribution in [0.4, 0.5) is 0 Å². The number of nitrogens with one attached hydrogen (secondary N) is 12. The van der Waals surface area contributed by atoms with Crippen LogP contribution in [0.25, 0.3) is 0 Å². The number of hydrogen-bond donors (Lipinski definition) is 14. The van der Waals surface area contributed by atoms with E-state index in [9.17, 15) is 96.2 Å². The first-order chi connectivity index (χ1) is 37.9. The molecule has 1 aromatic rings. The standard InChI is InChI=1S/C41H56N16O20S3/c42-20-17-78-4-1-33(68)55-39(75)56-34(69)2-5-79-18-21(53-31(66)15-49-27(62)11-45-23(58)7-43-25(60)9-47-29(64)13-51-36(20)71)37(72)52-14-30(65)48-10-26(61)44-8-24(59)46-12-28(63)50-16-32(67)54-22(38(73)74)19-80-6-3-35(70)57(40(55)76)41(56)77/h20-22H,1-19,42H2,(H,43,60)(H,44,61)(H,45,58)(H,46,59)(H,47,64)(H,48,65)(H,49,62)(H,50,63)(H,51,71)(H,52,72)(H,53,66)(H,54,67)(H,73,74)/t20-,21-,22-/m0/s1. The molecule has 0 spiro atoms. The molecule has 80 heavy (non-hydrogen) atoms. The van der Waals surface area contributed by atoms with Gasteiger partial charge in [-0.3, -0.25) is 71.9 Å². The van der Waals surface area contributed by atoms with Crippen molar-refractivity contribution in [2.45, 2.75) is 37.4 Å². The Bertz CT molecular complexity index is 2800. The van der Waals surface area contributed by atoms with Crippen LogP contribution in [0.15, 0.2) is 14.4 Å². The third kappa shape index (κ3) is 23.2. The molecule has 39 heteroatoms. The normalized spacial score (nSPS) is 21.9. The summed E-state index contributed by atoms with van der Waals surface area (Å²) in [5, 5.41) is 35.7. The lowest BCUT2D eigenvalue weighted by Gasteiger charge is -2.18. The smallest absolute Gasteiger partial charge is 0.350 e. The van der Waals surface area contributed by atoms with Gasteiger partial charge < -0.3 is 74.6 Å². The van der Waals surface area contributed by atoms with Crippen LogP contribution in [0.3, 0.4) is 0 Å². The van der Waals surface area contributed by atoms with Crippen LogP contribution in [0.5, 0.6) is 0 Å². The molecule has 0 unspecified atom stereocenters.